The normalized spacial score (nSPS) is 11.8. The van der Waals surface area contributed by atoms with Crippen molar-refractivity contribution in [3.05, 3.63) is 29.8 Å². The van der Waals surface area contributed by atoms with Gasteiger partial charge in [-0.25, -0.2) is 0 Å². The molecule has 2 N–H and O–H groups in total. The number of nitrogens with one attached hydrogen (secondary N) is 1. The van der Waals surface area contributed by atoms with Crippen molar-refractivity contribution in [3.63, 3.8) is 0 Å². The number of aliphatic hydroxyl groups excluding tert-OH is 1. The van der Waals surface area contributed by atoms with Crippen molar-refractivity contribution in [2.75, 3.05) is 13.2 Å². The lowest BCUT2D eigenvalue weighted by Gasteiger charge is -2.11. The van der Waals surface area contributed by atoms with Crippen molar-refractivity contribution in [3.8, 4) is 11.8 Å². The minimum absolute atomic E-state index is 0.0389. The Labute approximate surface area is 102 Å². The van der Waals surface area contributed by atoms with Crippen LogP contribution in [-0.4, -0.2) is 24.3 Å². The topological polar surface area (TPSA) is 65.3 Å². The fraction of sp³-hybridized carbons (Fsp3) is 0.462. The van der Waals surface area contributed by atoms with Crippen LogP contribution < -0.4 is 10.1 Å². The lowest BCUT2D eigenvalue weighted by atomic mass is 10.2. The minimum Gasteiger partial charge on any atom is -0.493 e. The summed E-state index contributed by atoms with van der Waals surface area (Å²) in [7, 11) is 0. The van der Waals surface area contributed by atoms with Crippen LogP contribution >= 0.6 is 0 Å². The SMILES string of the molecule is CCNC(C#N)CCOc1ccc(CO)cc1. The molecule has 0 saturated heterocycles. The standard InChI is InChI=1S/C13H18N2O2/c1-2-15-12(9-14)7-8-17-13-5-3-11(10-16)4-6-13/h3-6,12,15-16H,2,7-8,10H2,1H3. The van der Waals surface area contributed by atoms with Crippen molar-refractivity contribution in [2.45, 2.75) is 26.0 Å². The number of rotatable bonds is 7. The van der Waals surface area contributed by atoms with Gasteiger partial charge in [0.05, 0.1) is 25.3 Å². The molecule has 0 radical (unpaired) electrons. The summed E-state index contributed by atoms with van der Waals surface area (Å²) in [5.74, 6) is 0.760. The third-order valence-corrected chi connectivity index (χ3v) is 2.39. The molecule has 0 fully saturated rings. The molecule has 4 heteroatoms. The fourth-order valence-corrected chi connectivity index (χ4v) is 1.44. The smallest absolute Gasteiger partial charge is 0.119 e. The molecule has 0 aromatic heterocycles. The highest BCUT2D eigenvalue weighted by Gasteiger charge is 2.04. The highest BCUT2D eigenvalue weighted by Crippen LogP contribution is 2.12. The highest BCUT2D eigenvalue weighted by atomic mass is 16.5. The predicted molar refractivity (Wildman–Crippen MR) is 65.6 cm³/mol. The largest absolute Gasteiger partial charge is 0.493 e. The highest BCUT2D eigenvalue weighted by molar-refractivity contribution is 5.26. The van der Waals surface area contributed by atoms with Gasteiger partial charge in [-0.05, 0) is 24.2 Å². The van der Waals surface area contributed by atoms with Gasteiger partial charge in [0.2, 0.25) is 0 Å². The lowest BCUT2D eigenvalue weighted by Crippen LogP contribution is -2.28. The number of aliphatic hydroxyl groups is 1. The number of nitrogens with zero attached hydrogens (tertiary/aromatic N) is 1. The van der Waals surface area contributed by atoms with E-state index in [0.29, 0.717) is 13.0 Å². The number of ether oxygens (including phenoxy) is 1. The molecular formula is C13H18N2O2. The second kappa shape index (κ2) is 7.66. The van der Waals surface area contributed by atoms with Crippen LogP contribution in [0.25, 0.3) is 0 Å². The van der Waals surface area contributed by atoms with Gasteiger partial charge < -0.3 is 15.2 Å². The van der Waals surface area contributed by atoms with Crippen LogP contribution in [0.15, 0.2) is 24.3 Å². The zero-order valence-electron chi connectivity index (χ0n) is 10.0. The molecule has 1 aromatic rings. The lowest BCUT2D eigenvalue weighted by molar-refractivity contribution is 0.280. The number of benzene rings is 1. The zero-order chi connectivity index (χ0) is 12.5. The van der Waals surface area contributed by atoms with Crippen LogP contribution in [0.2, 0.25) is 0 Å². The Morgan fingerprint density at radius 2 is 2.12 bits per heavy atom. The first kappa shape index (κ1) is 13.5. The molecule has 1 aromatic carbocycles. The van der Waals surface area contributed by atoms with Crippen LogP contribution in [0, 0.1) is 11.3 Å². The molecule has 0 spiro atoms. The minimum atomic E-state index is -0.156. The fourth-order valence-electron chi connectivity index (χ4n) is 1.44. The maximum Gasteiger partial charge on any atom is 0.119 e. The molecule has 4 nitrogen and oxygen atoms in total. The van der Waals surface area contributed by atoms with Crippen LogP contribution in [0.3, 0.4) is 0 Å². The molecule has 1 atom stereocenters. The Hall–Kier alpha value is -1.57. The monoisotopic (exact) mass is 234 g/mol. The maximum atomic E-state index is 8.88. The van der Waals surface area contributed by atoms with Crippen molar-refractivity contribution in [1.29, 1.82) is 5.26 Å². The molecule has 0 aliphatic carbocycles. The van der Waals surface area contributed by atoms with Crippen LogP contribution in [0.5, 0.6) is 5.75 Å². The molecule has 1 unspecified atom stereocenters. The molecule has 0 amide bonds. The van der Waals surface area contributed by atoms with E-state index in [0.717, 1.165) is 17.9 Å². The summed E-state index contributed by atoms with van der Waals surface area (Å²) >= 11 is 0. The van der Waals surface area contributed by atoms with E-state index in [4.69, 9.17) is 15.1 Å². The van der Waals surface area contributed by atoms with Crippen molar-refractivity contribution in [1.82, 2.24) is 5.32 Å². The summed E-state index contributed by atoms with van der Waals surface area (Å²) in [4.78, 5) is 0. The molecule has 92 valence electrons. The van der Waals surface area contributed by atoms with Gasteiger partial charge in [0.1, 0.15) is 5.75 Å². The first-order valence-electron chi connectivity index (χ1n) is 5.75. The van der Waals surface area contributed by atoms with Crippen LogP contribution in [0.1, 0.15) is 18.9 Å². The Balaban J connectivity index is 2.32. The first-order chi connectivity index (χ1) is 8.30. The van der Waals surface area contributed by atoms with E-state index < -0.39 is 0 Å². The van der Waals surface area contributed by atoms with Gasteiger partial charge in [-0.3, -0.25) is 0 Å². The van der Waals surface area contributed by atoms with Crippen molar-refractivity contribution >= 4 is 0 Å². The van der Waals surface area contributed by atoms with E-state index in [2.05, 4.69) is 11.4 Å². The Morgan fingerprint density at radius 1 is 1.41 bits per heavy atom. The van der Waals surface area contributed by atoms with E-state index in [9.17, 15) is 0 Å². The van der Waals surface area contributed by atoms with E-state index in [1.54, 1.807) is 0 Å². The average Bonchev–Trinajstić information content (AvgIpc) is 2.38. The molecule has 0 saturated carbocycles. The maximum absolute atomic E-state index is 8.88. The quantitative estimate of drug-likeness (QED) is 0.749. The summed E-state index contributed by atoms with van der Waals surface area (Å²) in [5, 5.41) is 20.8. The van der Waals surface area contributed by atoms with Crippen LogP contribution in [0.4, 0.5) is 0 Å². The van der Waals surface area contributed by atoms with Gasteiger partial charge in [0.15, 0.2) is 0 Å². The third-order valence-electron chi connectivity index (χ3n) is 2.39. The molecule has 17 heavy (non-hydrogen) atoms. The summed E-state index contributed by atoms with van der Waals surface area (Å²) in [6.45, 7) is 3.29. The number of hydrogen-bond acceptors (Lipinski definition) is 4. The van der Waals surface area contributed by atoms with Gasteiger partial charge >= 0.3 is 0 Å². The van der Waals surface area contributed by atoms with Gasteiger partial charge in [-0.2, -0.15) is 5.26 Å². The molecule has 0 aliphatic heterocycles. The molecule has 1 rings (SSSR count). The number of nitriles is 1. The van der Waals surface area contributed by atoms with Gasteiger partial charge in [-0.15, -0.1) is 0 Å². The summed E-state index contributed by atoms with van der Waals surface area (Å²) in [5.41, 5.74) is 0.861. The average molecular weight is 234 g/mol. The van der Waals surface area contributed by atoms with E-state index in [-0.39, 0.29) is 12.6 Å². The van der Waals surface area contributed by atoms with Gasteiger partial charge in [0.25, 0.3) is 0 Å². The predicted octanol–water partition coefficient (Wildman–Crippen LogP) is 1.45. The molecule has 0 bridgehead atoms. The zero-order valence-corrected chi connectivity index (χ0v) is 10.0. The first-order valence-corrected chi connectivity index (χ1v) is 5.75. The second-order valence-corrected chi connectivity index (χ2v) is 3.68. The van der Waals surface area contributed by atoms with Gasteiger partial charge in [0, 0.05) is 6.42 Å². The Morgan fingerprint density at radius 3 is 2.65 bits per heavy atom. The second-order valence-electron chi connectivity index (χ2n) is 3.68. The summed E-state index contributed by atoms with van der Waals surface area (Å²) in [6, 6.07) is 9.31. The Bertz CT molecular complexity index is 357. The Kier molecular flexibility index (Phi) is 6.08. The third kappa shape index (κ3) is 4.85. The van der Waals surface area contributed by atoms with Crippen molar-refractivity contribution < 1.29 is 9.84 Å². The van der Waals surface area contributed by atoms with Crippen molar-refractivity contribution in [2.24, 2.45) is 0 Å². The van der Waals surface area contributed by atoms with E-state index in [1.807, 2.05) is 31.2 Å². The summed E-state index contributed by atoms with van der Waals surface area (Å²) < 4.78 is 5.51. The molecule has 0 aliphatic rings. The van der Waals surface area contributed by atoms with Gasteiger partial charge in [-0.1, -0.05) is 19.1 Å². The van der Waals surface area contributed by atoms with Crippen LogP contribution in [-0.2, 0) is 6.61 Å². The van der Waals surface area contributed by atoms with E-state index >= 15 is 0 Å². The number of hydrogen-bond donors (Lipinski definition) is 2. The summed E-state index contributed by atoms with van der Waals surface area (Å²) in [6.07, 6.45) is 0.659. The molecule has 0 heterocycles. The van der Waals surface area contributed by atoms with E-state index in [1.165, 1.54) is 0 Å². The molecular weight excluding hydrogens is 216 g/mol.